The molecule has 1 atom stereocenters. The number of hydrogen-bond acceptors (Lipinski definition) is 3. The topological polar surface area (TPSA) is 50.9 Å². The van der Waals surface area contributed by atoms with Gasteiger partial charge in [0.25, 0.3) is 0 Å². The van der Waals surface area contributed by atoms with Gasteiger partial charge in [-0.25, -0.2) is 4.39 Å². The van der Waals surface area contributed by atoms with Gasteiger partial charge in [0.2, 0.25) is 0 Å². The predicted octanol–water partition coefficient (Wildman–Crippen LogP) is 2.28. The molecule has 0 spiro atoms. The molecule has 2 aromatic rings. The molecule has 1 aromatic carbocycles. The Bertz CT molecular complexity index is 514. The average molecular weight is 245 g/mol. The minimum Gasteiger partial charge on any atom is -0.271 e. The molecular weight excluding hydrogens is 229 g/mol. The zero-order chi connectivity index (χ0) is 13.0. The van der Waals surface area contributed by atoms with Crippen molar-refractivity contribution in [2.45, 2.75) is 19.4 Å². The largest absolute Gasteiger partial charge is 0.271 e. The third-order valence-corrected chi connectivity index (χ3v) is 3.01. The molecule has 18 heavy (non-hydrogen) atoms. The molecule has 3 nitrogen and oxygen atoms in total. The van der Waals surface area contributed by atoms with E-state index in [0.29, 0.717) is 6.42 Å². The molecule has 4 heteroatoms. The lowest BCUT2D eigenvalue weighted by molar-refractivity contribution is 0.541. The third-order valence-electron chi connectivity index (χ3n) is 3.01. The van der Waals surface area contributed by atoms with Gasteiger partial charge >= 0.3 is 0 Å². The van der Waals surface area contributed by atoms with Crippen molar-refractivity contribution in [1.29, 1.82) is 0 Å². The van der Waals surface area contributed by atoms with Crippen LogP contribution in [-0.2, 0) is 6.42 Å². The fraction of sp³-hybridized carbons (Fsp3) is 0.214. The molecule has 2 rings (SSSR count). The molecule has 1 heterocycles. The summed E-state index contributed by atoms with van der Waals surface area (Å²) in [6, 6.07) is 8.50. The van der Waals surface area contributed by atoms with Crippen LogP contribution in [0.25, 0.3) is 0 Å². The number of hydrogen-bond donors (Lipinski definition) is 2. The summed E-state index contributed by atoms with van der Waals surface area (Å²) in [4.78, 5) is 3.97. The number of nitrogens with one attached hydrogen (secondary N) is 1. The summed E-state index contributed by atoms with van der Waals surface area (Å²) >= 11 is 0. The molecule has 1 unspecified atom stereocenters. The zero-order valence-electron chi connectivity index (χ0n) is 10.2. The monoisotopic (exact) mass is 245 g/mol. The van der Waals surface area contributed by atoms with Crippen molar-refractivity contribution >= 4 is 0 Å². The van der Waals surface area contributed by atoms with E-state index >= 15 is 0 Å². The first kappa shape index (κ1) is 12.7. The first-order chi connectivity index (χ1) is 8.70. The number of aryl methyl sites for hydroxylation is 1. The van der Waals surface area contributed by atoms with E-state index in [4.69, 9.17) is 5.84 Å². The second-order valence-corrected chi connectivity index (χ2v) is 4.28. The highest BCUT2D eigenvalue weighted by Crippen LogP contribution is 2.21. The Morgan fingerprint density at radius 2 is 2.00 bits per heavy atom. The SMILES string of the molecule is Cc1ccc(F)cc1C(Cc1ccncc1)NN. The summed E-state index contributed by atoms with van der Waals surface area (Å²) in [5, 5.41) is 0. The first-order valence-corrected chi connectivity index (χ1v) is 5.82. The van der Waals surface area contributed by atoms with Gasteiger partial charge in [-0.1, -0.05) is 6.07 Å². The van der Waals surface area contributed by atoms with Crippen LogP contribution in [0.2, 0.25) is 0 Å². The molecule has 0 amide bonds. The first-order valence-electron chi connectivity index (χ1n) is 5.82. The molecule has 0 saturated heterocycles. The molecule has 0 radical (unpaired) electrons. The normalized spacial score (nSPS) is 12.4. The van der Waals surface area contributed by atoms with E-state index in [-0.39, 0.29) is 11.9 Å². The fourth-order valence-electron chi connectivity index (χ4n) is 2.00. The Morgan fingerprint density at radius 1 is 1.28 bits per heavy atom. The Labute approximate surface area is 106 Å². The third kappa shape index (κ3) is 2.91. The number of halogens is 1. The number of pyridine rings is 1. The lowest BCUT2D eigenvalue weighted by Crippen LogP contribution is -2.30. The number of nitrogens with two attached hydrogens (primary N) is 1. The van der Waals surface area contributed by atoms with Crippen LogP contribution in [0.3, 0.4) is 0 Å². The van der Waals surface area contributed by atoms with E-state index in [9.17, 15) is 4.39 Å². The van der Waals surface area contributed by atoms with Crippen molar-refractivity contribution in [3.8, 4) is 0 Å². The number of aromatic nitrogens is 1. The molecule has 0 aliphatic carbocycles. The van der Waals surface area contributed by atoms with Crippen LogP contribution < -0.4 is 11.3 Å². The van der Waals surface area contributed by atoms with Gasteiger partial charge in [-0.3, -0.25) is 16.3 Å². The molecule has 0 saturated carbocycles. The summed E-state index contributed by atoms with van der Waals surface area (Å²) in [6.45, 7) is 1.95. The average Bonchev–Trinajstić information content (AvgIpc) is 2.40. The van der Waals surface area contributed by atoms with Crippen LogP contribution in [0.1, 0.15) is 22.7 Å². The molecule has 0 fully saturated rings. The highest BCUT2D eigenvalue weighted by Gasteiger charge is 2.13. The van der Waals surface area contributed by atoms with Crippen LogP contribution >= 0.6 is 0 Å². The van der Waals surface area contributed by atoms with Crippen molar-refractivity contribution in [3.05, 3.63) is 65.2 Å². The summed E-state index contributed by atoms with van der Waals surface area (Å²) in [7, 11) is 0. The maximum Gasteiger partial charge on any atom is 0.123 e. The maximum absolute atomic E-state index is 13.3. The van der Waals surface area contributed by atoms with Crippen molar-refractivity contribution < 1.29 is 4.39 Å². The van der Waals surface area contributed by atoms with Crippen LogP contribution in [0.4, 0.5) is 4.39 Å². The van der Waals surface area contributed by atoms with Gasteiger partial charge < -0.3 is 0 Å². The lowest BCUT2D eigenvalue weighted by atomic mass is 9.96. The van der Waals surface area contributed by atoms with E-state index < -0.39 is 0 Å². The van der Waals surface area contributed by atoms with Crippen molar-refractivity contribution in [2.75, 3.05) is 0 Å². The highest BCUT2D eigenvalue weighted by molar-refractivity contribution is 5.31. The standard InChI is InChI=1S/C14H16FN3/c1-10-2-3-12(15)9-13(10)14(18-16)8-11-4-6-17-7-5-11/h2-7,9,14,18H,8,16H2,1H3. The van der Waals surface area contributed by atoms with E-state index in [1.165, 1.54) is 12.1 Å². The van der Waals surface area contributed by atoms with Gasteiger partial charge in [-0.05, 0) is 54.3 Å². The molecule has 94 valence electrons. The molecule has 0 bridgehead atoms. The molecule has 3 N–H and O–H groups in total. The second-order valence-electron chi connectivity index (χ2n) is 4.28. The predicted molar refractivity (Wildman–Crippen MR) is 69.1 cm³/mol. The van der Waals surface area contributed by atoms with Crippen LogP contribution in [0.5, 0.6) is 0 Å². The van der Waals surface area contributed by atoms with E-state index in [2.05, 4.69) is 10.4 Å². The molecule has 1 aromatic heterocycles. The summed E-state index contributed by atoms with van der Waals surface area (Å²) in [6.07, 6.45) is 4.17. The Hall–Kier alpha value is -1.78. The summed E-state index contributed by atoms with van der Waals surface area (Å²) < 4.78 is 13.3. The van der Waals surface area contributed by atoms with E-state index in [1.54, 1.807) is 18.5 Å². The highest BCUT2D eigenvalue weighted by atomic mass is 19.1. The lowest BCUT2D eigenvalue weighted by Gasteiger charge is -2.18. The van der Waals surface area contributed by atoms with Crippen LogP contribution in [0, 0.1) is 12.7 Å². The zero-order valence-corrected chi connectivity index (χ0v) is 10.2. The minimum atomic E-state index is -0.245. The number of rotatable bonds is 4. The fourth-order valence-corrected chi connectivity index (χ4v) is 2.00. The van der Waals surface area contributed by atoms with Crippen molar-refractivity contribution in [2.24, 2.45) is 5.84 Å². The van der Waals surface area contributed by atoms with Crippen molar-refractivity contribution in [3.63, 3.8) is 0 Å². The van der Waals surface area contributed by atoms with Gasteiger partial charge in [0, 0.05) is 12.4 Å². The van der Waals surface area contributed by atoms with Crippen LogP contribution in [-0.4, -0.2) is 4.98 Å². The van der Waals surface area contributed by atoms with Crippen LogP contribution in [0.15, 0.2) is 42.7 Å². The minimum absolute atomic E-state index is 0.108. The van der Waals surface area contributed by atoms with Gasteiger partial charge in [0.05, 0.1) is 6.04 Å². The van der Waals surface area contributed by atoms with Gasteiger partial charge in [0.15, 0.2) is 0 Å². The quantitative estimate of drug-likeness (QED) is 0.642. The number of nitrogens with zero attached hydrogens (tertiary/aromatic N) is 1. The second kappa shape index (κ2) is 5.71. The van der Waals surface area contributed by atoms with Gasteiger partial charge in [0.1, 0.15) is 5.82 Å². The Kier molecular flexibility index (Phi) is 4.02. The summed E-state index contributed by atoms with van der Waals surface area (Å²) in [5.74, 6) is 5.34. The summed E-state index contributed by atoms with van der Waals surface area (Å²) in [5.41, 5.74) is 5.76. The Balaban J connectivity index is 2.26. The number of hydrazine groups is 1. The smallest absolute Gasteiger partial charge is 0.123 e. The maximum atomic E-state index is 13.3. The molecular formula is C14H16FN3. The van der Waals surface area contributed by atoms with E-state index in [0.717, 1.165) is 16.7 Å². The van der Waals surface area contributed by atoms with Crippen molar-refractivity contribution in [1.82, 2.24) is 10.4 Å². The molecule has 0 aliphatic rings. The van der Waals surface area contributed by atoms with Gasteiger partial charge in [-0.15, -0.1) is 0 Å². The molecule has 0 aliphatic heterocycles. The van der Waals surface area contributed by atoms with E-state index in [1.807, 2.05) is 19.1 Å². The Morgan fingerprint density at radius 3 is 2.67 bits per heavy atom. The number of benzene rings is 1. The van der Waals surface area contributed by atoms with Gasteiger partial charge in [-0.2, -0.15) is 0 Å².